The Morgan fingerprint density at radius 2 is 2.00 bits per heavy atom. The van der Waals surface area contributed by atoms with E-state index in [0.717, 1.165) is 12.2 Å². The van der Waals surface area contributed by atoms with Crippen LogP contribution in [-0.2, 0) is 0 Å². The molecule has 0 aliphatic heterocycles. The van der Waals surface area contributed by atoms with E-state index in [0.29, 0.717) is 22.0 Å². The summed E-state index contributed by atoms with van der Waals surface area (Å²) in [6, 6.07) is 1.77. The molecule has 1 aromatic rings. The van der Waals surface area contributed by atoms with Crippen molar-refractivity contribution in [3.8, 4) is 0 Å². The van der Waals surface area contributed by atoms with E-state index in [9.17, 15) is 4.79 Å². The molecule has 0 unspecified atom stereocenters. The second-order valence-electron chi connectivity index (χ2n) is 4.18. The van der Waals surface area contributed by atoms with Gasteiger partial charge in [-0.15, -0.1) is 0 Å². The SMILES string of the molecule is CCC(CBr)(CBr)NC(=O)c1cc(C)oc1C. The summed E-state index contributed by atoms with van der Waals surface area (Å²) in [7, 11) is 0. The molecule has 3 nitrogen and oxygen atoms in total. The summed E-state index contributed by atoms with van der Waals surface area (Å²) in [4.78, 5) is 12.2. The van der Waals surface area contributed by atoms with Crippen LogP contribution in [0, 0.1) is 13.8 Å². The molecule has 0 aromatic carbocycles. The number of furan rings is 1. The average molecular weight is 367 g/mol. The number of amides is 1. The van der Waals surface area contributed by atoms with Gasteiger partial charge in [0.25, 0.3) is 5.91 Å². The van der Waals surface area contributed by atoms with Crippen molar-refractivity contribution in [1.82, 2.24) is 5.32 Å². The molecular weight excluding hydrogens is 350 g/mol. The summed E-state index contributed by atoms with van der Waals surface area (Å²) in [5.74, 6) is 1.33. The molecule has 0 bridgehead atoms. The zero-order valence-electron chi connectivity index (χ0n) is 10.3. The van der Waals surface area contributed by atoms with Crippen molar-refractivity contribution in [1.29, 1.82) is 0 Å². The highest BCUT2D eigenvalue weighted by Crippen LogP contribution is 2.20. The van der Waals surface area contributed by atoms with Gasteiger partial charge in [-0.1, -0.05) is 38.8 Å². The number of hydrogen-bond acceptors (Lipinski definition) is 2. The zero-order valence-corrected chi connectivity index (χ0v) is 13.4. The Labute approximate surface area is 119 Å². The third-order valence-corrected chi connectivity index (χ3v) is 5.00. The second-order valence-corrected chi connectivity index (χ2v) is 5.30. The number of hydrogen-bond donors (Lipinski definition) is 1. The molecule has 0 spiro atoms. The topological polar surface area (TPSA) is 42.2 Å². The van der Waals surface area contributed by atoms with E-state index in [1.54, 1.807) is 13.0 Å². The molecule has 0 aliphatic carbocycles. The van der Waals surface area contributed by atoms with E-state index in [2.05, 4.69) is 44.1 Å². The van der Waals surface area contributed by atoms with E-state index in [4.69, 9.17) is 4.42 Å². The van der Waals surface area contributed by atoms with E-state index in [1.807, 2.05) is 6.92 Å². The van der Waals surface area contributed by atoms with Gasteiger partial charge in [0, 0.05) is 10.7 Å². The van der Waals surface area contributed by atoms with Crippen LogP contribution in [0.1, 0.15) is 35.2 Å². The highest BCUT2D eigenvalue weighted by molar-refractivity contribution is 9.09. The number of carbonyl (C=O) groups is 1. The Morgan fingerprint density at radius 1 is 1.41 bits per heavy atom. The smallest absolute Gasteiger partial charge is 0.255 e. The molecule has 5 heteroatoms. The first kappa shape index (κ1) is 14.8. The second kappa shape index (κ2) is 6.05. The van der Waals surface area contributed by atoms with E-state index < -0.39 is 0 Å². The Bertz CT molecular complexity index is 389. The van der Waals surface area contributed by atoms with Gasteiger partial charge < -0.3 is 9.73 Å². The van der Waals surface area contributed by atoms with Gasteiger partial charge in [0.05, 0.1) is 11.1 Å². The van der Waals surface area contributed by atoms with Crippen LogP contribution in [0.4, 0.5) is 0 Å². The minimum Gasteiger partial charge on any atom is -0.466 e. The van der Waals surface area contributed by atoms with Gasteiger partial charge in [-0.25, -0.2) is 0 Å². The molecule has 0 radical (unpaired) electrons. The van der Waals surface area contributed by atoms with Gasteiger partial charge in [0.1, 0.15) is 11.5 Å². The van der Waals surface area contributed by atoms with Gasteiger partial charge in [0.15, 0.2) is 0 Å². The minimum atomic E-state index is -0.255. The fourth-order valence-corrected chi connectivity index (χ4v) is 3.55. The zero-order chi connectivity index (χ0) is 13.1. The molecule has 1 heterocycles. The lowest BCUT2D eigenvalue weighted by atomic mass is 10.0. The van der Waals surface area contributed by atoms with Crippen LogP contribution in [0.25, 0.3) is 0 Å². The van der Waals surface area contributed by atoms with Crippen molar-refractivity contribution in [3.63, 3.8) is 0 Å². The van der Waals surface area contributed by atoms with Crippen LogP contribution >= 0.6 is 31.9 Å². The van der Waals surface area contributed by atoms with Crippen molar-refractivity contribution < 1.29 is 9.21 Å². The van der Waals surface area contributed by atoms with Crippen LogP contribution in [0.15, 0.2) is 10.5 Å². The summed E-state index contributed by atoms with van der Waals surface area (Å²) >= 11 is 6.90. The van der Waals surface area contributed by atoms with Crippen molar-refractivity contribution >= 4 is 37.8 Å². The molecule has 0 aliphatic rings. The highest BCUT2D eigenvalue weighted by atomic mass is 79.9. The molecule has 0 atom stereocenters. The molecule has 0 saturated heterocycles. The lowest BCUT2D eigenvalue weighted by molar-refractivity contribution is 0.0914. The summed E-state index contributed by atoms with van der Waals surface area (Å²) < 4.78 is 5.37. The Balaban J connectivity index is 2.88. The lowest BCUT2D eigenvalue weighted by Gasteiger charge is -2.29. The number of nitrogens with one attached hydrogen (secondary N) is 1. The quantitative estimate of drug-likeness (QED) is 0.809. The van der Waals surface area contributed by atoms with Gasteiger partial charge >= 0.3 is 0 Å². The van der Waals surface area contributed by atoms with E-state index >= 15 is 0 Å². The summed E-state index contributed by atoms with van der Waals surface area (Å²) in [6.45, 7) is 5.69. The van der Waals surface area contributed by atoms with Crippen LogP contribution in [0.5, 0.6) is 0 Å². The molecule has 1 N–H and O–H groups in total. The molecule has 1 rings (SSSR count). The Morgan fingerprint density at radius 3 is 2.35 bits per heavy atom. The van der Waals surface area contributed by atoms with Crippen LogP contribution < -0.4 is 5.32 Å². The van der Waals surface area contributed by atoms with Crippen LogP contribution in [-0.4, -0.2) is 22.1 Å². The van der Waals surface area contributed by atoms with E-state index in [-0.39, 0.29) is 11.4 Å². The highest BCUT2D eigenvalue weighted by Gasteiger charge is 2.29. The van der Waals surface area contributed by atoms with Crippen LogP contribution in [0.2, 0.25) is 0 Å². The fraction of sp³-hybridized carbons (Fsp3) is 0.583. The van der Waals surface area contributed by atoms with Gasteiger partial charge in [0.2, 0.25) is 0 Å². The molecule has 1 aromatic heterocycles. The number of halogens is 2. The summed E-state index contributed by atoms with van der Waals surface area (Å²) in [5, 5.41) is 4.48. The molecule has 0 fully saturated rings. The molecule has 0 saturated carbocycles. The molecular formula is C12H17Br2NO2. The minimum absolute atomic E-state index is 0.0832. The number of carbonyl (C=O) groups excluding carboxylic acids is 1. The predicted molar refractivity (Wildman–Crippen MR) is 76.3 cm³/mol. The number of aryl methyl sites for hydroxylation is 2. The number of alkyl halides is 2. The average Bonchev–Trinajstić information content (AvgIpc) is 2.65. The largest absolute Gasteiger partial charge is 0.466 e. The van der Waals surface area contributed by atoms with Crippen molar-refractivity contribution in [2.45, 2.75) is 32.7 Å². The first-order valence-electron chi connectivity index (χ1n) is 5.49. The van der Waals surface area contributed by atoms with Crippen molar-refractivity contribution in [3.05, 3.63) is 23.2 Å². The Kier molecular flexibility index (Phi) is 5.25. The summed E-state index contributed by atoms with van der Waals surface area (Å²) in [6.07, 6.45) is 0.852. The lowest BCUT2D eigenvalue weighted by Crippen LogP contribution is -2.51. The third-order valence-electron chi connectivity index (χ3n) is 2.85. The molecule has 17 heavy (non-hydrogen) atoms. The first-order valence-corrected chi connectivity index (χ1v) is 7.73. The third kappa shape index (κ3) is 3.35. The van der Waals surface area contributed by atoms with E-state index in [1.165, 1.54) is 0 Å². The van der Waals surface area contributed by atoms with Crippen LogP contribution in [0.3, 0.4) is 0 Å². The maximum atomic E-state index is 12.2. The standard InChI is InChI=1S/C12H17Br2NO2/c1-4-12(6-13,7-14)15-11(16)10-5-8(2)17-9(10)3/h5H,4,6-7H2,1-3H3,(H,15,16). The number of rotatable bonds is 5. The maximum absolute atomic E-state index is 12.2. The molecule has 96 valence electrons. The summed E-state index contributed by atoms with van der Waals surface area (Å²) in [5.41, 5.74) is 0.358. The van der Waals surface area contributed by atoms with Gasteiger partial charge in [-0.05, 0) is 26.3 Å². The normalized spacial score (nSPS) is 11.6. The maximum Gasteiger partial charge on any atom is 0.255 e. The fourth-order valence-electron chi connectivity index (χ4n) is 1.54. The monoisotopic (exact) mass is 365 g/mol. The Hall–Kier alpha value is -0.290. The first-order chi connectivity index (χ1) is 7.98. The predicted octanol–water partition coefficient (Wildman–Crippen LogP) is 3.56. The van der Waals surface area contributed by atoms with Gasteiger partial charge in [-0.3, -0.25) is 4.79 Å². The van der Waals surface area contributed by atoms with Crippen molar-refractivity contribution in [2.24, 2.45) is 0 Å². The molecule has 1 amide bonds. The van der Waals surface area contributed by atoms with Gasteiger partial charge in [-0.2, -0.15) is 0 Å². The van der Waals surface area contributed by atoms with Crippen molar-refractivity contribution in [2.75, 3.05) is 10.7 Å².